The van der Waals surface area contributed by atoms with Crippen molar-refractivity contribution >= 4 is 0 Å². The molecule has 20 heavy (non-hydrogen) atoms. The van der Waals surface area contributed by atoms with Crippen LogP contribution in [0.25, 0.3) is 0 Å². The summed E-state index contributed by atoms with van der Waals surface area (Å²) in [6.45, 7) is 3.11. The van der Waals surface area contributed by atoms with Crippen LogP contribution < -0.4 is 5.32 Å². The highest BCUT2D eigenvalue weighted by Crippen LogP contribution is 2.33. The van der Waals surface area contributed by atoms with Gasteiger partial charge in [-0.1, -0.05) is 39.0 Å². The van der Waals surface area contributed by atoms with E-state index in [1.54, 1.807) is 6.20 Å². The Morgan fingerprint density at radius 1 is 1.25 bits per heavy atom. The van der Waals surface area contributed by atoms with Crippen molar-refractivity contribution in [3.05, 3.63) is 29.8 Å². The molecule has 1 heterocycles. The Balaban J connectivity index is 2.14. The van der Waals surface area contributed by atoms with E-state index in [1.807, 2.05) is 6.07 Å². The molecule has 2 rings (SSSR count). The van der Waals surface area contributed by atoms with Gasteiger partial charge in [-0.15, -0.1) is 0 Å². The fourth-order valence-electron chi connectivity index (χ4n) is 3.29. The van der Waals surface area contributed by atoms with Crippen LogP contribution in [0.15, 0.2) is 18.5 Å². The molecule has 0 radical (unpaired) electrons. The summed E-state index contributed by atoms with van der Waals surface area (Å²) in [6.07, 6.45) is 13.1. The van der Waals surface area contributed by atoms with Gasteiger partial charge in [0.05, 0.1) is 6.20 Å². The third-order valence-corrected chi connectivity index (χ3v) is 4.37. The van der Waals surface area contributed by atoms with Gasteiger partial charge in [0.25, 0.3) is 0 Å². The van der Waals surface area contributed by atoms with Gasteiger partial charge in [0.15, 0.2) is 0 Å². The summed E-state index contributed by atoms with van der Waals surface area (Å²) in [4.78, 5) is 3.88. The molecule has 0 aliphatic heterocycles. The second-order valence-corrected chi connectivity index (χ2v) is 5.93. The minimum atomic E-state index is -0.164. The maximum Gasteiger partial charge on any atom is 0.146 e. The first-order chi connectivity index (χ1) is 9.83. The van der Waals surface area contributed by atoms with Crippen molar-refractivity contribution in [3.8, 4) is 0 Å². The minimum absolute atomic E-state index is 0.149. The van der Waals surface area contributed by atoms with Gasteiger partial charge in [0.2, 0.25) is 0 Å². The van der Waals surface area contributed by atoms with Crippen LogP contribution in [-0.2, 0) is 0 Å². The summed E-state index contributed by atoms with van der Waals surface area (Å²) >= 11 is 0. The lowest BCUT2D eigenvalue weighted by Crippen LogP contribution is -2.30. The third kappa shape index (κ3) is 4.27. The Labute approximate surface area is 122 Å². The van der Waals surface area contributed by atoms with Crippen LogP contribution in [0.1, 0.15) is 69.9 Å². The van der Waals surface area contributed by atoms with Crippen LogP contribution >= 0.6 is 0 Å². The Hall–Kier alpha value is -0.960. The van der Waals surface area contributed by atoms with Crippen molar-refractivity contribution in [3.63, 3.8) is 0 Å². The molecule has 0 saturated heterocycles. The molecule has 1 aliphatic rings. The van der Waals surface area contributed by atoms with Crippen molar-refractivity contribution < 1.29 is 4.39 Å². The van der Waals surface area contributed by atoms with E-state index in [4.69, 9.17) is 0 Å². The summed E-state index contributed by atoms with van der Waals surface area (Å²) in [5.74, 6) is 0.391. The van der Waals surface area contributed by atoms with Gasteiger partial charge < -0.3 is 5.32 Å². The number of aromatic nitrogens is 1. The zero-order valence-corrected chi connectivity index (χ0v) is 12.6. The predicted octanol–water partition coefficient (Wildman–Crippen LogP) is 4.62. The van der Waals surface area contributed by atoms with Gasteiger partial charge in [0, 0.05) is 17.8 Å². The van der Waals surface area contributed by atoms with Crippen LogP contribution in [0.4, 0.5) is 4.39 Å². The lowest BCUT2D eigenvalue weighted by molar-refractivity contribution is 0.283. The van der Waals surface area contributed by atoms with Gasteiger partial charge >= 0.3 is 0 Å². The number of halogens is 1. The molecule has 3 heteroatoms. The molecule has 1 fully saturated rings. The Morgan fingerprint density at radius 2 is 1.95 bits per heavy atom. The fourth-order valence-corrected chi connectivity index (χ4v) is 3.29. The third-order valence-electron chi connectivity index (χ3n) is 4.37. The molecule has 0 amide bonds. The monoisotopic (exact) mass is 278 g/mol. The summed E-state index contributed by atoms with van der Waals surface area (Å²) in [7, 11) is 0. The van der Waals surface area contributed by atoms with Crippen molar-refractivity contribution in [1.29, 1.82) is 0 Å². The van der Waals surface area contributed by atoms with Gasteiger partial charge in [-0.3, -0.25) is 4.98 Å². The van der Waals surface area contributed by atoms with Crippen molar-refractivity contribution in [2.45, 2.75) is 64.3 Å². The number of rotatable bonds is 5. The van der Waals surface area contributed by atoms with Crippen LogP contribution in [0.5, 0.6) is 0 Å². The Bertz CT molecular complexity index is 386. The zero-order valence-electron chi connectivity index (χ0n) is 12.6. The van der Waals surface area contributed by atoms with E-state index in [1.165, 1.54) is 51.1 Å². The largest absolute Gasteiger partial charge is 0.310 e. The molecule has 1 aromatic heterocycles. The quantitative estimate of drug-likeness (QED) is 0.850. The minimum Gasteiger partial charge on any atom is -0.310 e. The van der Waals surface area contributed by atoms with Crippen molar-refractivity contribution in [2.24, 2.45) is 5.92 Å². The zero-order chi connectivity index (χ0) is 14.2. The van der Waals surface area contributed by atoms with Gasteiger partial charge in [-0.25, -0.2) is 4.39 Å². The molecular weight excluding hydrogens is 251 g/mol. The van der Waals surface area contributed by atoms with E-state index in [0.717, 1.165) is 18.5 Å². The maximum absolute atomic E-state index is 14.1. The molecule has 0 bridgehead atoms. The summed E-state index contributed by atoms with van der Waals surface area (Å²) < 4.78 is 14.1. The standard InChI is InChI=1S/C17H27FN2/c1-2-11-20-17(15-10-12-19-13-16(15)18)14-8-6-4-3-5-7-9-14/h10,12-14,17,20H,2-9,11H2,1H3. The molecule has 1 saturated carbocycles. The van der Waals surface area contributed by atoms with E-state index in [2.05, 4.69) is 17.2 Å². The molecule has 112 valence electrons. The fraction of sp³-hybridized carbons (Fsp3) is 0.706. The predicted molar refractivity (Wildman–Crippen MR) is 81.0 cm³/mol. The second kappa shape index (κ2) is 8.35. The van der Waals surface area contributed by atoms with Crippen LogP contribution in [-0.4, -0.2) is 11.5 Å². The van der Waals surface area contributed by atoms with Crippen molar-refractivity contribution in [2.75, 3.05) is 6.54 Å². The molecule has 0 spiro atoms. The highest BCUT2D eigenvalue weighted by Gasteiger charge is 2.25. The first kappa shape index (κ1) is 15.4. The molecular formula is C17H27FN2. The number of nitrogens with zero attached hydrogens (tertiary/aromatic N) is 1. The van der Waals surface area contributed by atoms with E-state index in [0.29, 0.717) is 5.92 Å². The molecule has 0 aromatic carbocycles. The van der Waals surface area contributed by atoms with Crippen LogP contribution in [0, 0.1) is 11.7 Å². The molecule has 1 N–H and O–H groups in total. The Morgan fingerprint density at radius 3 is 2.60 bits per heavy atom. The lowest BCUT2D eigenvalue weighted by atomic mass is 9.83. The second-order valence-electron chi connectivity index (χ2n) is 5.93. The summed E-state index contributed by atoms with van der Waals surface area (Å²) in [5, 5.41) is 3.58. The summed E-state index contributed by atoms with van der Waals surface area (Å²) in [6, 6.07) is 2.00. The number of pyridine rings is 1. The molecule has 1 aromatic rings. The summed E-state index contributed by atoms with van der Waals surface area (Å²) in [5.41, 5.74) is 0.805. The highest BCUT2D eigenvalue weighted by atomic mass is 19.1. The smallest absolute Gasteiger partial charge is 0.146 e. The van der Waals surface area contributed by atoms with Gasteiger partial charge in [-0.05, 0) is 37.8 Å². The topological polar surface area (TPSA) is 24.9 Å². The molecule has 1 unspecified atom stereocenters. The lowest BCUT2D eigenvalue weighted by Gasteiger charge is -2.30. The molecule has 2 nitrogen and oxygen atoms in total. The number of hydrogen-bond donors (Lipinski definition) is 1. The molecule has 1 aliphatic carbocycles. The van der Waals surface area contributed by atoms with E-state index >= 15 is 0 Å². The van der Waals surface area contributed by atoms with Gasteiger partial charge in [-0.2, -0.15) is 0 Å². The van der Waals surface area contributed by atoms with E-state index < -0.39 is 0 Å². The molecule has 1 atom stereocenters. The number of nitrogens with one attached hydrogen (secondary N) is 1. The van der Waals surface area contributed by atoms with Crippen LogP contribution in [0.2, 0.25) is 0 Å². The van der Waals surface area contributed by atoms with Gasteiger partial charge in [0.1, 0.15) is 5.82 Å². The number of hydrogen-bond acceptors (Lipinski definition) is 2. The average Bonchev–Trinajstić information content (AvgIpc) is 2.42. The highest BCUT2D eigenvalue weighted by molar-refractivity contribution is 5.18. The first-order valence-corrected chi connectivity index (χ1v) is 8.15. The van der Waals surface area contributed by atoms with Crippen molar-refractivity contribution in [1.82, 2.24) is 10.3 Å². The maximum atomic E-state index is 14.1. The normalized spacial score (nSPS) is 19.3. The van der Waals surface area contributed by atoms with E-state index in [9.17, 15) is 4.39 Å². The van der Waals surface area contributed by atoms with E-state index in [-0.39, 0.29) is 11.9 Å². The van der Waals surface area contributed by atoms with Crippen LogP contribution in [0.3, 0.4) is 0 Å². The average molecular weight is 278 g/mol. The Kier molecular flexibility index (Phi) is 6.44. The SMILES string of the molecule is CCCNC(c1ccncc1F)C1CCCCCCC1. The first-order valence-electron chi connectivity index (χ1n) is 8.15.